The molecule has 0 spiro atoms. The molecule has 2 rings (SSSR count). The third-order valence-corrected chi connectivity index (χ3v) is 4.16. The predicted octanol–water partition coefficient (Wildman–Crippen LogP) is 3.91. The maximum absolute atomic E-state index is 12.7. The molecule has 3 heteroatoms. The van der Waals surface area contributed by atoms with Gasteiger partial charge in [0.1, 0.15) is 0 Å². The number of benzene rings is 1. The van der Waals surface area contributed by atoms with Crippen molar-refractivity contribution in [3.8, 4) is 0 Å². The van der Waals surface area contributed by atoms with Crippen molar-refractivity contribution in [1.82, 2.24) is 4.57 Å². The minimum atomic E-state index is -0.390. The van der Waals surface area contributed by atoms with E-state index in [4.69, 9.17) is 5.73 Å². The van der Waals surface area contributed by atoms with E-state index in [2.05, 4.69) is 26.0 Å². The van der Waals surface area contributed by atoms with Crippen LogP contribution in [0.4, 0.5) is 0 Å². The van der Waals surface area contributed by atoms with Crippen molar-refractivity contribution in [2.24, 2.45) is 5.73 Å². The number of hydrogen-bond acceptors (Lipinski definition) is 2. The first-order valence-corrected chi connectivity index (χ1v) is 7.90. The van der Waals surface area contributed by atoms with E-state index in [1.165, 1.54) is 5.56 Å². The molecule has 0 saturated carbocycles. The number of hydrogen-bond donors (Lipinski definition) is 1. The second-order valence-electron chi connectivity index (χ2n) is 6.50. The lowest BCUT2D eigenvalue weighted by atomic mass is 9.96. The molecule has 1 aromatic heterocycles. The fourth-order valence-electron chi connectivity index (χ4n) is 2.81. The number of rotatable bonds is 4. The first-order chi connectivity index (χ1) is 10.3. The van der Waals surface area contributed by atoms with Crippen molar-refractivity contribution in [3.05, 3.63) is 69.1 Å². The van der Waals surface area contributed by atoms with Gasteiger partial charge in [0.2, 0.25) is 0 Å². The van der Waals surface area contributed by atoms with Crippen molar-refractivity contribution >= 4 is 0 Å². The Morgan fingerprint density at radius 1 is 0.909 bits per heavy atom. The van der Waals surface area contributed by atoms with Crippen molar-refractivity contribution in [1.29, 1.82) is 0 Å². The van der Waals surface area contributed by atoms with Crippen LogP contribution in [0.15, 0.2) is 41.2 Å². The van der Waals surface area contributed by atoms with Gasteiger partial charge in [-0.1, -0.05) is 38.1 Å². The van der Waals surface area contributed by atoms with Gasteiger partial charge in [-0.3, -0.25) is 4.79 Å². The van der Waals surface area contributed by atoms with Crippen LogP contribution in [0.1, 0.15) is 68.1 Å². The summed E-state index contributed by atoms with van der Waals surface area (Å²) in [6.45, 7) is 10.3. The summed E-state index contributed by atoms with van der Waals surface area (Å²) in [6.07, 6.45) is 0. The first-order valence-electron chi connectivity index (χ1n) is 7.90. The Morgan fingerprint density at radius 2 is 1.45 bits per heavy atom. The van der Waals surface area contributed by atoms with Crippen LogP contribution in [-0.4, -0.2) is 4.57 Å². The number of nitrogens with zero attached hydrogens (tertiary/aromatic N) is 1. The Morgan fingerprint density at radius 3 is 1.95 bits per heavy atom. The largest absolute Gasteiger partial charge is 0.320 e. The molecule has 2 N–H and O–H groups in total. The van der Waals surface area contributed by atoms with Gasteiger partial charge in [-0.15, -0.1) is 0 Å². The summed E-state index contributed by atoms with van der Waals surface area (Å²) in [5.74, 6) is 0.489. The molecule has 0 amide bonds. The van der Waals surface area contributed by atoms with E-state index in [0.717, 1.165) is 11.3 Å². The summed E-state index contributed by atoms with van der Waals surface area (Å²) < 4.78 is 1.80. The molecule has 1 atom stereocenters. The van der Waals surface area contributed by atoms with Crippen LogP contribution in [0.25, 0.3) is 0 Å². The van der Waals surface area contributed by atoms with Gasteiger partial charge in [-0.25, -0.2) is 0 Å². The maximum Gasteiger partial charge on any atom is 0.256 e. The Labute approximate surface area is 132 Å². The van der Waals surface area contributed by atoms with Crippen molar-refractivity contribution in [3.63, 3.8) is 0 Å². The topological polar surface area (TPSA) is 48.0 Å². The molecule has 118 valence electrons. The maximum atomic E-state index is 12.7. The zero-order valence-electron chi connectivity index (χ0n) is 14.1. The predicted molar refractivity (Wildman–Crippen MR) is 92.4 cm³/mol. The molecule has 0 radical (unpaired) electrons. The molecule has 0 aliphatic carbocycles. The average Bonchev–Trinajstić information content (AvgIpc) is 2.46. The fraction of sp³-hybridized carbons (Fsp3) is 0.421. The zero-order valence-corrected chi connectivity index (χ0v) is 14.1. The summed E-state index contributed by atoms with van der Waals surface area (Å²) >= 11 is 0. The summed E-state index contributed by atoms with van der Waals surface area (Å²) in [4.78, 5) is 12.7. The van der Waals surface area contributed by atoms with Crippen molar-refractivity contribution < 1.29 is 0 Å². The van der Waals surface area contributed by atoms with Crippen LogP contribution in [-0.2, 0) is 0 Å². The highest BCUT2D eigenvalue weighted by atomic mass is 16.1. The average molecular weight is 298 g/mol. The van der Waals surface area contributed by atoms with E-state index in [1.807, 2.05) is 45.0 Å². The van der Waals surface area contributed by atoms with Crippen LogP contribution in [0.3, 0.4) is 0 Å². The quantitative estimate of drug-likeness (QED) is 0.930. The van der Waals surface area contributed by atoms with Crippen LogP contribution >= 0.6 is 0 Å². The van der Waals surface area contributed by atoms with Crippen LogP contribution in [0.5, 0.6) is 0 Å². The Balaban J connectivity index is 2.43. The summed E-state index contributed by atoms with van der Waals surface area (Å²) in [6, 6.07) is 11.8. The Hall–Kier alpha value is -1.87. The minimum absolute atomic E-state index is 0.00966. The summed E-state index contributed by atoms with van der Waals surface area (Å²) in [5.41, 5.74) is 10.2. The number of aryl methyl sites for hydroxylation is 1. The van der Waals surface area contributed by atoms with Gasteiger partial charge in [-0.2, -0.15) is 0 Å². The molecule has 0 bridgehead atoms. The normalized spacial score (nSPS) is 12.9. The highest BCUT2D eigenvalue weighted by molar-refractivity contribution is 5.33. The Bertz CT molecular complexity index is 696. The molecule has 0 aliphatic rings. The molecular weight excluding hydrogens is 272 g/mol. The standard InChI is InChI=1S/C19H26N2O/c1-12(2)15-7-9-16(10-8-15)18(20)17-11-6-14(5)21(13(3)4)19(17)22/h6-13,18H,20H2,1-5H3. The lowest BCUT2D eigenvalue weighted by Crippen LogP contribution is -2.31. The molecular formula is C19H26N2O. The van der Waals surface area contributed by atoms with Gasteiger partial charge in [-0.05, 0) is 49.9 Å². The third kappa shape index (κ3) is 3.14. The highest BCUT2D eigenvalue weighted by Crippen LogP contribution is 2.21. The van der Waals surface area contributed by atoms with E-state index in [1.54, 1.807) is 4.57 Å². The van der Waals surface area contributed by atoms with Crippen LogP contribution in [0.2, 0.25) is 0 Å². The van der Waals surface area contributed by atoms with Gasteiger partial charge in [0.15, 0.2) is 0 Å². The number of nitrogens with two attached hydrogens (primary N) is 1. The van der Waals surface area contributed by atoms with Crippen molar-refractivity contribution in [2.45, 2.75) is 52.6 Å². The van der Waals surface area contributed by atoms with E-state index < -0.39 is 0 Å². The summed E-state index contributed by atoms with van der Waals surface area (Å²) in [5, 5.41) is 0. The first kappa shape index (κ1) is 16.5. The molecule has 0 saturated heterocycles. The fourth-order valence-corrected chi connectivity index (χ4v) is 2.81. The second kappa shape index (κ2) is 6.49. The minimum Gasteiger partial charge on any atom is -0.320 e. The van der Waals surface area contributed by atoms with Gasteiger partial charge >= 0.3 is 0 Å². The second-order valence-corrected chi connectivity index (χ2v) is 6.50. The highest BCUT2D eigenvalue weighted by Gasteiger charge is 2.16. The van der Waals surface area contributed by atoms with Crippen LogP contribution in [0, 0.1) is 6.92 Å². The number of pyridine rings is 1. The lowest BCUT2D eigenvalue weighted by Gasteiger charge is -2.19. The van der Waals surface area contributed by atoms with E-state index >= 15 is 0 Å². The van der Waals surface area contributed by atoms with E-state index in [-0.39, 0.29) is 17.6 Å². The van der Waals surface area contributed by atoms with Gasteiger partial charge in [0.25, 0.3) is 5.56 Å². The van der Waals surface area contributed by atoms with Crippen LogP contribution < -0.4 is 11.3 Å². The molecule has 0 fully saturated rings. The van der Waals surface area contributed by atoms with Gasteiger partial charge in [0.05, 0.1) is 6.04 Å². The molecule has 1 aromatic carbocycles. The lowest BCUT2D eigenvalue weighted by molar-refractivity contribution is 0.555. The SMILES string of the molecule is Cc1ccc(C(N)c2ccc(C(C)C)cc2)c(=O)n1C(C)C. The monoisotopic (exact) mass is 298 g/mol. The molecule has 3 nitrogen and oxygen atoms in total. The molecule has 1 heterocycles. The van der Waals surface area contributed by atoms with E-state index in [0.29, 0.717) is 11.5 Å². The molecule has 1 unspecified atom stereocenters. The Kier molecular flexibility index (Phi) is 4.87. The molecule has 2 aromatic rings. The third-order valence-electron chi connectivity index (χ3n) is 4.16. The van der Waals surface area contributed by atoms with Gasteiger partial charge < -0.3 is 10.3 Å². The zero-order chi connectivity index (χ0) is 16.4. The smallest absolute Gasteiger partial charge is 0.256 e. The molecule has 0 aliphatic heterocycles. The summed E-state index contributed by atoms with van der Waals surface area (Å²) in [7, 11) is 0. The molecule has 22 heavy (non-hydrogen) atoms. The number of aromatic nitrogens is 1. The van der Waals surface area contributed by atoms with Gasteiger partial charge in [0, 0.05) is 17.3 Å². The van der Waals surface area contributed by atoms with Crippen molar-refractivity contribution in [2.75, 3.05) is 0 Å². The van der Waals surface area contributed by atoms with E-state index in [9.17, 15) is 4.79 Å².